The van der Waals surface area contributed by atoms with Crippen LogP contribution in [0.5, 0.6) is 0 Å². The average molecular weight is 357 g/mol. The first-order valence-electron chi connectivity index (χ1n) is 9.05. The average Bonchev–Trinajstić information content (AvgIpc) is 3.15. The largest absolute Gasteiger partial charge is 0.478 e. The number of carboxylic acid groups (broad SMARTS) is 1. The third-order valence-corrected chi connectivity index (χ3v) is 4.87. The highest BCUT2D eigenvalue weighted by atomic mass is 16.4. The molecule has 1 aromatic carbocycles. The molecule has 2 aromatic rings. The number of nitrogens with one attached hydrogen (secondary N) is 1. The fourth-order valence-electron chi connectivity index (χ4n) is 2.79. The molecule has 6 heteroatoms. The number of carbonyl (C=O) groups is 2. The van der Waals surface area contributed by atoms with E-state index in [9.17, 15) is 9.59 Å². The van der Waals surface area contributed by atoms with Crippen LogP contribution in [0.1, 0.15) is 80.0 Å². The highest BCUT2D eigenvalue weighted by Gasteiger charge is 2.21. The molecule has 0 aliphatic carbocycles. The minimum Gasteiger partial charge on any atom is -0.478 e. The van der Waals surface area contributed by atoms with Crippen molar-refractivity contribution in [2.24, 2.45) is 0 Å². The number of aromatic nitrogens is 2. The summed E-state index contributed by atoms with van der Waals surface area (Å²) in [4.78, 5) is 23.5. The lowest BCUT2D eigenvalue weighted by Crippen LogP contribution is -2.34. The van der Waals surface area contributed by atoms with Crippen molar-refractivity contribution in [2.45, 2.75) is 58.5 Å². The third-order valence-electron chi connectivity index (χ3n) is 4.87. The molecule has 2 N–H and O–H groups in total. The van der Waals surface area contributed by atoms with Crippen molar-refractivity contribution >= 4 is 11.9 Å². The summed E-state index contributed by atoms with van der Waals surface area (Å²) in [5.41, 5.74) is 2.42. The molecule has 3 unspecified atom stereocenters. The Kier molecular flexibility index (Phi) is 6.55. The molecule has 0 aliphatic heterocycles. The quantitative estimate of drug-likeness (QED) is 0.750. The molecule has 0 radical (unpaired) electrons. The number of amides is 1. The maximum Gasteiger partial charge on any atom is 0.338 e. The van der Waals surface area contributed by atoms with Crippen molar-refractivity contribution in [3.05, 3.63) is 53.3 Å². The van der Waals surface area contributed by atoms with Gasteiger partial charge in [0.25, 0.3) is 0 Å². The number of hydrogen-bond donors (Lipinski definition) is 2. The van der Waals surface area contributed by atoms with Gasteiger partial charge in [-0.1, -0.05) is 45.0 Å². The van der Waals surface area contributed by atoms with Gasteiger partial charge in [0.05, 0.1) is 17.8 Å². The Bertz CT molecular complexity index is 752. The topological polar surface area (TPSA) is 84.2 Å². The first kappa shape index (κ1) is 19.7. The van der Waals surface area contributed by atoms with Crippen LogP contribution in [0, 0.1) is 0 Å². The van der Waals surface area contributed by atoms with Gasteiger partial charge in [0.1, 0.15) is 6.04 Å². The summed E-state index contributed by atoms with van der Waals surface area (Å²) in [6.45, 7) is 8.09. The molecule has 26 heavy (non-hydrogen) atoms. The lowest BCUT2D eigenvalue weighted by atomic mass is 9.95. The zero-order valence-corrected chi connectivity index (χ0v) is 15.8. The SMILES string of the molecule is CCC(C)c1ccc(C(CC)NC(=O)C(C)n2cc(C(=O)O)cn2)cc1. The lowest BCUT2D eigenvalue weighted by Gasteiger charge is -2.21. The molecule has 0 spiro atoms. The Morgan fingerprint density at radius 1 is 1.12 bits per heavy atom. The number of rotatable bonds is 8. The monoisotopic (exact) mass is 357 g/mol. The van der Waals surface area contributed by atoms with Crippen molar-refractivity contribution in [1.82, 2.24) is 15.1 Å². The second-order valence-corrected chi connectivity index (χ2v) is 6.64. The van der Waals surface area contributed by atoms with Crippen LogP contribution in [0.3, 0.4) is 0 Å². The third kappa shape index (κ3) is 4.50. The Morgan fingerprint density at radius 3 is 2.23 bits per heavy atom. The lowest BCUT2D eigenvalue weighted by molar-refractivity contribution is -0.124. The molecule has 1 heterocycles. The van der Waals surface area contributed by atoms with E-state index in [2.05, 4.69) is 48.5 Å². The molecule has 3 atom stereocenters. The van der Waals surface area contributed by atoms with Gasteiger partial charge in [-0.3, -0.25) is 9.48 Å². The number of nitrogens with zero attached hydrogens (tertiary/aromatic N) is 2. The molecule has 2 rings (SSSR count). The Morgan fingerprint density at radius 2 is 1.73 bits per heavy atom. The highest BCUT2D eigenvalue weighted by molar-refractivity contribution is 5.87. The summed E-state index contributed by atoms with van der Waals surface area (Å²) in [7, 11) is 0. The first-order chi connectivity index (χ1) is 12.4. The highest BCUT2D eigenvalue weighted by Crippen LogP contribution is 2.23. The number of carbonyl (C=O) groups excluding carboxylic acids is 1. The Hall–Kier alpha value is -2.63. The van der Waals surface area contributed by atoms with E-state index in [1.54, 1.807) is 6.92 Å². The minimum absolute atomic E-state index is 0.0670. The van der Waals surface area contributed by atoms with Crippen LogP contribution in [0.25, 0.3) is 0 Å². The smallest absolute Gasteiger partial charge is 0.338 e. The number of aromatic carboxylic acids is 1. The summed E-state index contributed by atoms with van der Waals surface area (Å²) < 4.78 is 1.37. The molecular weight excluding hydrogens is 330 g/mol. The first-order valence-corrected chi connectivity index (χ1v) is 9.05. The van der Waals surface area contributed by atoms with Crippen molar-refractivity contribution in [2.75, 3.05) is 0 Å². The van der Waals surface area contributed by atoms with Gasteiger partial charge in [-0.25, -0.2) is 4.79 Å². The fourth-order valence-corrected chi connectivity index (χ4v) is 2.79. The second-order valence-electron chi connectivity index (χ2n) is 6.64. The number of benzene rings is 1. The number of carboxylic acids is 1. The van der Waals surface area contributed by atoms with Crippen molar-refractivity contribution < 1.29 is 14.7 Å². The van der Waals surface area contributed by atoms with Crippen LogP contribution in [0.15, 0.2) is 36.7 Å². The van der Waals surface area contributed by atoms with E-state index in [1.807, 2.05) is 6.92 Å². The summed E-state index contributed by atoms with van der Waals surface area (Å²) in [6.07, 6.45) is 4.47. The van der Waals surface area contributed by atoms with Gasteiger partial charge < -0.3 is 10.4 Å². The molecular formula is C20H27N3O3. The second kappa shape index (κ2) is 8.65. The molecule has 1 aromatic heterocycles. The molecule has 0 saturated heterocycles. The van der Waals surface area contributed by atoms with E-state index >= 15 is 0 Å². The maximum atomic E-state index is 12.6. The van der Waals surface area contributed by atoms with Crippen LogP contribution in [-0.2, 0) is 4.79 Å². The molecule has 0 fully saturated rings. The van der Waals surface area contributed by atoms with Gasteiger partial charge in [0.2, 0.25) is 5.91 Å². The van der Waals surface area contributed by atoms with Gasteiger partial charge in [-0.2, -0.15) is 5.10 Å². The van der Waals surface area contributed by atoms with Gasteiger partial charge in [-0.15, -0.1) is 0 Å². The predicted molar refractivity (Wildman–Crippen MR) is 100 cm³/mol. The van der Waals surface area contributed by atoms with Crippen LogP contribution < -0.4 is 5.32 Å². The summed E-state index contributed by atoms with van der Waals surface area (Å²) in [5.74, 6) is -0.735. The maximum absolute atomic E-state index is 12.6. The standard InChI is InChI=1S/C20H27N3O3/c1-5-13(3)15-7-9-16(10-8-15)18(6-2)22-19(24)14(4)23-12-17(11-21-23)20(25)26/h7-14,18H,5-6H2,1-4H3,(H,22,24)(H,25,26). The minimum atomic E-state index is -1.06. The molecule has 0 aliphatic rings. The van der Waals surface area contributed by atoms with E-state index < -0.39 is 12.0 Å². The molecule has 0 bridgehead atoms. The zero-order valence-electron chi connectivity index (χ0n) is 15.8. The normalized spacial score (nSPS) is 14.5. The van der Waals surface area contributed by atoms with Gasteiger partial charge in [0.15, 0.2) is 0 Å². The Labute approximate surface area is 154 Å². The summed E-state index contributed by atoms with van der Waals surface area (Å²) in [5, 5.41) is 16.0. The fraction of sp³-hybridized carbons (Fsp3) is 0.450. The van der Waals surface area contributed by atoms with E-state index in [0.717, 1.165) is 18.4 Å². The molecule has 0 saturated carbocycles. The Balaban J connectivity index is 2.08. The molecule has 6 nitrogen and oxygen atoms in total. The molecule has 140 valence electrons. The summed E-state index contributed by atoms with van der Waals surface area (Å²) >= 11 is 0. The van der Waals surface area contributed by atoms with E-state index in [-0.39, 0.29) is 17.5 Å². The van der Waals surface area contributed by atoms with Crippen LogP contribution >= 0.6 is 0 Å². The number of hydrogen-bond acceptors (Lipinski definition) is 3. The van der Waals surface area contributed by atoms with Crippen LogP contribution in [0.4, 0.5) is 0 Å². The van der Waals surface area contributed by atoms with Crippen LogP contribution in [-0.4, -0.2) is 26.8 Å². The predicted octanol–water partition coefficient (Wildman–Crippen LogP) is 3.92. The van der Waals surface area contributed by atoms with E-state index in [1.165, 1.54) is 22.6 Å². The van der Waals surface area contributed by atoms with Gasteiger partial charge >= 0.3 is 5.97 Å². The molecule has 1 amide bonds. The van der Waals surface area contributed by atoms with Gasteiger partial charge in [0, 0.05) is 6.20 Å². The zero-order chi connectivity index (χ0) is 19.3. The van der Waals surface area contributed by atoms with E-state index in [4.69, 9.17) is 5.11 Å². The van der Waals surface area contributed by atoms with Crippen molar-refractivity contribution in [3.8, 4) is 0 Å². The van der Waals surface area contributed by atoms with Crippen molar-refractivity contribution in [3.63, 3.8) is 0 Å². The van der Waals surface area contributed by atoms with Crippen molar-refractivity contribution in [1.29, 1.82) is 0 Å². The van der Waals surface area contributed by atoms with E-state index in [0.29, 0.717) is 5.92 Å². The van der Waals surface area contributed by atoms with Crippen LogP contribution in [0.2, 0.25) is 0 Å². The van der Waals surface area contributed by atoms with Gasteiger partial charge in [-0.05, 0) is 36.8 Å². The summed E-state index contributed by atoms with van der Waals surface area (Å²) in [6, 6.07) is 7.69.